The number of hydrogen-bond donors (Lipinski definition) is 1. The number of benzene rings is 1. The molecule has 3 nitrogen and oxygen atoms in total. The van der Waals surface area contributed by atoms with Gasteiger partial charge in [0.15, 0.2) is 0 Å². The van der Waals surface area contributed by atoms with Gasteiger partial charge in [-0.2, -0.15) is 0 Å². The first-order chi connectivity index (χ1) is 9.65. The van der Waals surface area contributed by atoms with Crippen LogP contribution in [0.5, 0.6) is 0 Å². The molecular weight excluding hydrogens is 248 g/mol. The number of nitrogens with one attached hydrogen (secondary N) is 1. The van der Waals surface area contributed by atoms with Crippen LogP contribution < -0.4 is 10.2 Å². The summed E-state index contributed by atoms with van der Waals surface area (Å²) in [5.74, 6) is 0.657. The van der Waals surface area contributed by atoms with Crippen LogP contribution in [0.25, 0.3) is 0 Å². The smallest absolute Gasteiger partial charge is 0.0772 e. The van der Waals surface area contributed by atoms with E-state index in [2.05, 4.69) is 49.2 Å². The van der Waals surface area contributed by atoms with E-state index in [9.17, 15) is 0 Å². The normalized spacial score (nSPS) is 23.1. The fourth-order valence-corrected chi connectivity index (χ4v) is 3.01. The van der Waals surface area contributed by atoms with Crippen molar-refractivity contribution < 1.29 is 4.74 Å². The zero-order valence-electron chi connectivity index (χ0n) is 13.3. The molecule has 2 atom stereocenters. The van der Waals surface area contributed by atoms with Crippen LogP contribution in [-0.4, -0.2) is 32.8 Å². The zero-order valence-corrected chi connectivity index (χ0v) is 13.3. The fourth-order valence-electron chi connectivity index (χ4n) is 3.01. The van der Waals surface area contributed by atoms with E-state index in [0.29, 0.717) is 12.0 Å². The van der Waals surface area contributed by atoms with Crippen molar-refractivity contribution in [2.24, 2.45) is 5.92 Å². The molecule has 1 aliphatic heterocycles. The van der Waals surface area contributed by atoms with Crippen molar-refractivity contribution in [2.75, 3.05) is 31.6 Å². The van der Waals surface area contributed by atoms with Crippen LogP contribution in [0, 0.1) is 12.8 Å². The molecule has 1 fully saturated rings. The molecule has 0 amide bonds. The lowest BCUT2D eigenvalue weighted by Crippen LogP contribution is -2.44. The van der Waals surface area contributed by atoms with Crippen molar-refractivity contribution in [3.05, 3.63) is 29.3 Å². The first-order valence-electron chi connectivity index (χ1n) is 7.73. The minimum atomic E-state index is 0.351. The van der Waals surface area contributed by atoms with E-state index in [1.54, 1.807) is 0 Å². The summed E-state index contributed by atoms with van der Waals surface area (Å²) in [6.07, 6.45) is 1.56. The minimum Gasteiger partial charge on any atom is -0.379 e. The Morgan fingerprint density at radius 2 is 2.20 bits per heavy atom. The number of nitrogens with zero attached hydrogens (tertiary/aromatic N) is 1. The molecule has 1 saturated heterocycles. The van der Waals surface area contributed by atoms with Crippen LogP contribution in [0.4, 0.5) is 5.69 Å². The average molecular weight is 276 g/mol. The Morgan fingerprint density at radius 1 is 1.40 bits per heavy atom. The van der Waals surface area contributed by atoms with E-state index in [0.717, 1.165) is 26.2 Å². The van der Waals surface area contributed by atoms with E-state index in [4.69, 9.17) is 4.74 Å². The van der Waals surface area contributed by atoms with Crippen LogP contribution in [0.3, 0.4) is 0 Å². The summed E-state index contributed by atoms with van der Waals surface area (Å²) in [7, 11) is 1.83. The van der Waals surface area contributed by atoms with Crippen molar-refractivity contribution in [1.82, 2.24) is 5.32 Å². The highest BCUT2D eigenvalue weighted by atomic mass is 16.5. The van der Waals surface area contributed by atoms with Gasteiger partial charge in [0, 0.05) is 32.4 Å². The number of hydrogen-bond acceptors (Lipinski definition) is 3. The Bertz CT molecular complexity index is 433. The van der Waals surface area contributed by atoms with Crippen LogP contribution in [0.1, 0.15) is 31.4 Å². The van der Waals surface area contributed by atoms with Gasteiger partial charge in [0.1, 0.15) is 0 Å². The molecule has 2 rings (SSSR count). The molecule has 112 valence electrons. The Balaban J connectivity index is 2.08. The summed E-state index contributed by atoms with van der Waals surface area (Å²) in [6, 6.07) is 6.81. The second kappa shape index (κ2) is 7.09. The number of piperidine rings is 1. The summed E-state index contributed by atoms with van der Waals surface area (Å²) < 4.78 is 5.62. The lowest BCUT2D eigenvalue weighted by molar-refractivity contribution is 0.0498. The molecule has 0 saturated carbocycles. The van der Waals surface area contributed by atoms with E-state index < -0.39 is 0 Å². The molecule has 0 aliphatic carbocycles. The van der Waals surface area contributed by atoms with E-state index in [-0.39, 0.29) is 0 Å². The number of aryl methyl sites for hydroxylation is 1. The number of rotatable bonds is 5. The highest BCUT2D eigenvalue weighted by molar-refractivity contribution is 5.55. The highest BCUT2D eigenvalue weighted by Crippen LogP contribution is 2.27. The zero-order chi connectivity index (χ0) is 14.5. The van der Waals surface area contributed by atoms with Gasteiger partial charge < -0.3 is 15.0 Å². The summed E-state index contributed by atoms with van der Waals surface area (Å²) in [4.78, 5) is 2.47. The van der Waals surface area contributed by atoms with Crippen molar-refractivity contribution >= 4 is 5.69 Å². The van der Waals surface area contributed by atoms with Gasteiger partial charge in [-0.3, -0.25) is 0 Å². The van der Waals surface area contributed by atoms with Gasteiger partial charge in [-0.25, -0.2) is 0 Å². The van der Waals surface area contributed by atoms with Gasteiger partial charge >= 0.3 is 0 Å². The van der Waals surface area contributed by atoms with Gasteiger partial charge in [0.2, 0.25) is 0 Å². The molecule has 1 N–H and O–H groups in total. The summed E-state index contributed by atoms with van der Waals surface area (Å²) in [5.41, 5.74) is 4.09. The highest BCUT2D eigenvalue weighted by Gasteiger charge is 2.26. The Kier molecular flexibility index (Phi) is 5.44. The Labute approximate surface area is 123 Å². The predicted molar refractivity (Wildman–Crippen MR) is 85.4 cm³/mol. The maximum absolute atomic E-state index is 5.62. The van der Waals surface area contributed by atoms with Crippen molar-refractivity contribution in [1.29, 1.82) is 0 Å². The predicted octanol–water partition coefficient (Wildman–Crippen LogP) is 2.97. The SMILES string of the molecule is CCNCc1ccc(N2CCC(C)C(OC)C2)c(C)c1. The van der Waals surface area contributed by atoms with Gasteiger partial charge in [0.25, 0.3) is 0 Å². The Hall–Kier alpha value is -1.06. The number of methoxy groups -OCH3 is 1. The van der Waals surface area contributed by atoms with Crippen LogP contribution in [0.2, 0.25) is 0 Å². The van der Waals surface area contributed by atoms with Gasteiger partial charge in [-0.05, 0) is 43.0 Å². The topological polar surface area (TPSA) is 24.5 Å². The Morgan fingerprint density at radius 3 is 2.85 bits per heavy atom. The third kappa shape index (κ3) is 3.53. The molecule has 0 radical (unpaired) electrons. The molecule has 1 aliphatic rings. The van der Waals surface area contributed by atoms with Gasteiger partial charge in [0.05, 0.1) is 6.10 Å². The first kappa shape index (κ1) is 15.3. The largest absolute Gasteiger partial charge is 0.379 e. The third-order valence-electron chi connectivity index (χ3n) is 4.37. The molecular formula is C17H28N2O. The first-order valence-corrected chi connectivity index (χ1v) is 7.73. The van der Waals surface area contributed by atoms with Gasteiger partial charge in [-0.15, -0.1) is 0 Å². The molecule has 2 unspecified atom stereocenters. The second-order valence-corrected chi connectivity index (χ2v) is 5.89. The molecule has 1 aromatic rings. The molecule has 1 heterocycles. The summed E-state index contributed by atoms with van der Waals surface area (Å²) in [5, 5.41) is 3.38. The molecule has 1 aromatic carbocycles. The van der Waals surface area contributed by atoms with Crippen LogP contribution in [0.15, 0.2) is 18.2 Å². The molecule has 0 aromatic heterocycles. The van der Waals surface area contributed by atoms with Crippen LogP contribution >= 0.6 is 0 Å². The van der Waals surface area contributed by atoms with Crippen LogP contribution in [-0.2, 0) is 11.3 Å². The molecule has 0 spiro atoms. The maximum Gasteiger partial charge on any atom is 0.0772 e. The molecule has 0 bridgehead atoms. The standard InChI is InChI=1S/C17H28N2O/c1-5-18-11-15-6-7-16(14(3)10-15)19-9-8-13(2)17(12-19)20-4/h6-7,10,13,17-18H,5,8-9,11-12H2,1-4H3. The van der Waals surface area contributed by atoms with E-state index >= 15 is 0 Å². The molecule has 3 heteroatoms. The van der Waals surface area contributed by atoms with E-state index in [1.165, 1.54) is 23.2 Å². The van der Waals surface area contributed by atoms with Crippen molar-refractivity contribution in [3.8, 4) is 0 Å². The van der Waals surface area contributed by atoms with E-state index in [1.807, 2.05) is 7.11 Å². The maximum atomic E-state index is 5.62. The second-order valence-electron chi connectivity index (χ2n) is 5.89. The third-order valence-corrected chi connectivity index (χ3v) is 4.37. The fraction of sp³-hybridized carbons (Fsp3) is 0.647. The lowest BCUT2D eigenvalue weighted by atomic mass is 9.94. The number of ether oxygens (including phenoxy) is 1. The molecule has 20 heavy (non-hydrogen) atoms. The van der Waals surface area contributed by atoms with Crippen molar-refractivity contribution in [2.45, 2.75) is 39.8 Å². The minimum absolute atomic E-state index is 0.351. The van der Waals surface area contributed by atoms with Gasteiger partial charge in [-0.1, -0.05) is 26.0 Å². The quantitative estimate of drug-likeness (QED) is 0.895. The number of anilines is 1. The lowest BCUT2D eigenvalue weighted by Gasteiger charge is -2.38. The monoisotopic (exact) mass is 276 g/mol. The summed E-state index contributed by atoms with van der Waals surface area (Å²) in [6.45, 7) is 10.7. The average Bonchev–Trinajstić information content (AvgIpc) is 2.46. The van der Waals surface area contributed by atoms with Crippen molar-refractivity contribution in [3.63, 3.8) is 0 Å². The summed E-state index contributed by atoms with van der Waals surface area (Å²) >= 11 is 0.